The van der Waals surface area contributed by atoms with Gasteiger partial charge in [0.05, 0.1) is 12.7 Å². The predicted molar refractivity (Wildman–Crippen MR) is 77.1 cm³/mol. The third-order valence-electron chi connectivity index (χ3n) is 2.63. The van der Waals surface area contributed by atoms with Gasteiger partial charge >= 0.3 is 0 Å². The van der Waals surface area contributed by atoms with Gasteiger partial charge < -0.3 is 14.8 Å². The fourth-order valence-corrected chi connectivity index (χ4v) is 1.72. The molecule has 2 aromatic rings. The van der Waals surface area contributed by atoms with Crippen molar-refractivity contribution in [2.75, 3.05) is 13.7 Å². The molecule has 1 N–H and O–H groups in total. The van der Waals surface area contributed by atoms with E-state index in [2.05, 4.69) is 15.3 Å². The molecular weight excluding hydrogens is 254 g/mol. The predicted octanol–water partition coefficient (Wildman–Crippen LogP) is 2.78. The number of hydrogen-bond donors (Lipinski definition) is 1. The molecule has 2 rings (SSSR count). The van der Waals surface area contributed by atoms with Crippen LogP contribution < -0.4 is 14.8 Å². The summed E-state index contributed by atoms with van der Waals surface area (Å²) in [6.07, 6.45) is 2.38. The molecule has 0 aliphatic rings. The van der Waals surface area contributed by atoms with Crippen LogP contribution in [-0.2, 0) is 6.54 Å². The van der Waals surface area contributed by atoms with Crippen molar-refractivity contribution < 1.29 is 9.47 Å². The van der Waals surface area contributed by atoms with Gasteiger partial charge in [0.2, 0.25) is 11.8 Å². The Morgan fingerprint density at radius 3 is 2.75 bits per heavy atom. The highest BCUT2D eigenvalue weighted by Crippen LogP contribution is 2.25. The zero-order chi connectivity index (χ0) is 14.2. The summed E-state index contributed by atoms with van der Waals surface area (Å²) >= 11 is 0. The zero-order valence-corrected chi connectivity index (χ0v) is 11.8. The van der Waals surface area contributed by atoms with E-state index in [0.717, 1.165) is 24.3 Å². The summed E-state index contributed by atoms with van der Waals surface area (Å²) in [4.78, 5) is 8.16. The van der Waals surface area contributed by atoms with Gasteiger partial charge in [-0.05, 0) is 19.5 Å². The number of hydrogen-bond acceptors (Lipinski definition) is 5. The van der Waals surface area contributed by atoms with Crippen LogP contribution in [0.3, 0.4) is 0 Å². The second kappa shape index (κ2) is 7.45. The maximum atomic E-state index is 5.81. The smallest absolute Gasteiger partial charge is 0.226 e. The van der Waals surface area contributed by atoms with E-state index in [4.69, 9.17) is 9.47 Å². The summed E-state index contributed by atoms with van der Waals surface area (Å²) in [6.45, 7) is 3.42. The number of benzene rings is 1. The van der Waals surface area contributed by atoms with Crippen molar-refractivity contribution in [3.63, 3.8) is 0 Å². The monoisotopic (exact) mass is 273 g/mol. The Morgan fingerprint density at radius 2 is 1.95 bits per heavy atom. The van der Waals surface area contributed by atoms with Crippen molar-refractivity contribution in [3.05, 3.63) is 42.2 Å². The number of aromatic nitrogens is 2. The summed E-state index contributed by atoms with van der Waals surface area (Å²) in [5, 5.41) is 3.11. The molecule has 0 radical (unpaired) electrons. The summed E-state index contributed by atoms with van der Waals surface area (Å²) in [5.74, 6) is 1.79. The Kier molecular flexibility index (Phi) is 5.32. The van der Waals surface area contributed by atoms with Crippen LogP contribution in [0, 0.1) is 0 Å². The van der Waals surface area contributed by atoms with E-state index >= 15 is 0 Å². The van der Waals surface area contributed by atoms with E-state index < -0.39 is 0 Å². The van der Waals surface area contributed by atoms with Crippen molar-refractivity contribution in [1.82, 2.24) is 15.3 Å². The molecule has 0 fully saturated rings. The van der Waals surface area contributed by atoms with Crippen molar-refractivity contribution >= 4 is 0 Å². The minimum absolute atomic E-state index is 0.481. The lowest BCUT2D eigenvalue weighted by Gasteiger charge is -2.10. The molecule has 0 saturated heterocycles. The van der Waals surface area contributed by atoms with Gasteiger partial charge in [0.25, 0.3) is 0 Å². The summed E-state index contributed by atoms with van der Waals surface area (Å²) in [5.41, 5.74) is 1.07. The lowest BCUT2D eigenvalue weighted by Crippen LogP contribution is -2.06. The van der Waals surface area contributed by atoms with Gasteiger partial charge in [-0.2, -0.15) is 0 Å². The van der Waals surface area contributed by atoms with Gasteiger partial charge in [-0.15, -0.1) is 0 Å². The van der Waals surface area contributed by atoms with Crippen molar-refractivity contribution in [1.29, 1.82) is 0 Å². The molecule has 0 spiro atoms. The van der Waals surface area contributed by atoms with E-state index in [-0.39, 0.29) is 0 Å². The Bertz CT molecular complexity index is 546. The topological polar surface area (TPSA) is 56.3 Å². The fraction of sp³-hybridized carbons (Fsp3) is 0.333. The van der Waals surface area contributed by atoms with Crippen LogP contribution in [0.15, 0.2) is 36.7 Å². The van der Waals surface area contributed by atoms with Gasteiger partial charge in [0, 0.05) is 12.1 Å². The highest BCUT2D eigenvalue weighted by Gasteiger charge is 2.06. The first-order valence-corrected chi connectivity index (χ1v) is 6.68. The van der Waals surface area contributed by atoms with Gasteiger partial charge in [0.1, 0.15) is 12.1 Å². The van der Waals surface area contributed by atoms with Gasteiger partial charge in [-0.3, -0.25) is 0 Å². The van der Waals surface area contributed by atoms with Gasteiger partial charge in [-0.25, -0.2) is 9.97 Å². The second-order valence-corrected chi connectivity index (χ2v) is 4.28. The highest BCUT2D eigenvalue weighted by molar-refractivity contribution is 5.36. The lowest BCUT2D eigenvalue weighted by molar-refractivity contribution is 0.302. The van der Waals surface area contributed by atoms with E-state index in [1.54, 1.807) is 6.07 Å². The Hall–Kier alpha value is -2.14. The molecular formula is C15H19N3O2. The largest absolute Gasteiger partial charge is 0.477 e. The van der Waals surface area contributed by atoms with Crippen LogP contribution in [0.2, 0.25) is 0 Å². The average Bonchev–Trinajstić information content (AvgIpc) is 2.48. The highest BCUT2D eigenvalue weighted by atomic mass is 16.5. The van der Waals surface area contributed by atoms with E-state index in [1.165, 1.54) is 6.33 Å². The van der Waals surface area contributed by atoms with E-state index in [1.807, 2.05) is 38.2 Å². The maximum Gasteiger partial charge on any atom is 0.226 e. The molecule has 5 nitrogen and oxygen atoms in total. The normalized spacial score (nSPS) is 10.3. The molecule has 0 aliphatic carbocycles. The molecule has 0 unspecified atom stereocenters. The quantitative estimate of drug-likeness (QED) is 0.840. The van der Waals surface area contributed by atoms with Crippen LogP contribution >= 0.6 is 0 Å². The van der Waals surface area contributed by atoms with Crippen LogP contribution in [0.5, 0.6) is 17.5 Å². The first kappa shape index (κ1) is 14.3. The summed E-state index contributed by atoms with van der Waals surface area (Å²) in [6, 6.07) is 9.55. The Labute approximate surface area is 119 Å². The Morgan fingerprint density at radius 1 is 1.15 bits per heavy atom. The number of rotatable bonds is 7. The molecule has 1 aromatic heterocycles. The van der Waals surface area contributed by atoms with Crippen LogP contribution in [0.4, 0.5) is 0 Å². The first-order chi connectivity index (χ1) is 9.83. The minimum Gasteiger partial charge on any atom is -0.477 e. The molecule has 20 heavy (non-hydrogen) atoms. The van der Waals surface area contributed by atoms with Crippen LogP contribution in [-0.4, -0.2) is 23.6 Å². The first-order valence-electron chi connectivity index (χ1n) is 6.68. The molecule has 106 valence electrons. The lowest BCUT2D eigenvalue weighted by atomic mass is 10.2. The number of nitrogens with one attached hydrogen (secondary N) is 1. The number of ether oxygens (including phenoxy) is 2. The summed E-state index contributed by atoms with van der Waals surface area (Å²) < 4.78 is 11.3. The van der Waals surface area contributed by atoms with Gasteiger partial charge in [0.15, 0.2) is 0 Å². The second-order valence-electron chi connectivity index (χ2n) is 4.28. The minimum atomic E-state index is 0.481. The zero-order valence-electron chi connectivity index (χ0n) is 11.8. The average molecular weight is 273 g/mol. The molecule has 0 bridgehead atoms. The third kappa shape index (κ3) is 3.93. The van der Waals surface area contributed by atoms with E-state index in [0.29, 0.717) is 18.4 Å². The van der Waals surface area contributed by atoms with Crippen molar-refractivity contribution in [3.8, 4) is 17.5 Å². The molecule has 0 saturated carbocycles. The molecule has 5 heteroatoms. The Balaban J connectivity index is 2.13. The number of para-hydroxylation sites is 1. The molecule has 0 atom stereocenters. The van der Waals surface area contributed by atoms with Crippen LogP contribution in [0.1, 0.15) is 18.9 Å². The van der Waals surface area contributed by atoms with Crippen LogP contribution in [0.25, 0.3) is 0 Å². The standard InChI is InChI=1S/C15H19N3O2/c1-3-8-19-14-9-15(18-11-17-14)20-13-7-5-4-6-12(13)10-16-2/h4-7,9,11,16H,3,8,10H2,1-2H3. The maximum absolute atomic E-state index is 5.81. The van der Waals surface area contributed by atoms with E-state index in [9.17, 15) is 0 Å². The molecule has 0 aliphatic heterocycles. The van der Waals surface area contributed by atoms with Crippen molar-refractivity contribution in [2.24, 2.45) is 0 Å². The fourth-order valence-electron chi connectivity index (χ4n) is 1.72. The number of nitrogens with zero attached hydrogens (tertiary/aromatic N) is 2. The SMILES string of the molecule is CCCOc1cc(Oc2ccccc2CNC)ncn1. The molecule has 1 aromatic carbocycles. The van der Waals surface area contributed by atoms with Crippen molar-refractivity contribution in [2.45, 2.75) is 19.9 Å². The summed E-state index contributed by atoms with van der Waals surface area (Å²) in [7, 11) is 1.90. The molecule has 1 heterocycles. The third-order valence-corrected chi connectivity index (χ3v) is 2.63. The molecule has 0 amide bonds. The van der Waals surface area contributed by atoms with Gasteiger partial charge in [-0.1, -0.05) is 25.1 Å².